The predicted molar refractivity (Wildman–Crippen MR) is 68.3 cm³/mol. The third-order valence-electron chi connectivity index (χ3n) is 3.55. The molecule has 0 saturated heterocycles. The molecule has 0 unspecified atom stereocenters. The molecule has 0 N–H and O–H groups in total. The number of rotatable bonds is 5. The summed E-state index contributed by atoms with van der Waals surface area (Å²) in [6, 6.07) is 6.38. The minimum atomic E-state index is -0.784. The monoisotopic (exact) mass is 275 g/mol. The number of benzene rings is 1. The van der Waals surface area contributed by atoms with Gasteiger partial charge in [-0.1, -0.05) is 18.2 Å². The lowest BCUT2D eigenvalue weighted by molar-refractivity contribution is -0.147. The number of aromatic nitrogens is 3. The highest BCUT2D eigenvalue weighted by molar-refractivity contribution is 5.86. The van der Waals surface area contributed by atoms with E-state index in [1.54, 1.807) is 29.2 Å². The molecule has 5 nitrogen and oxygen atoms in total. The second kappa shape index (κ2) is 5.03. The summed E-state index contributed by atoms with van der Waals surface area (Å²) >= 11 is 0. The summed E-state index contributed by atoms with van der Waals surface area (Å²) in [5.41, 5.74) is -0.348. The van der Waals surface area contributed by atoms with Gasteiger partial charge >= 0.3 is 5.97 Å². The molecular formula is C14H14FN3O2. The maximum absolute atomic E-state index is 13.8. The van der Waals surface area contributed by atoms with Gasteiger partial charge in [0.2, 0.25) is 0 Å². The summed E-state index contributed by atoms with van der Waals surface area (Å²) < 4.78 is 20.6. The molecule has 1 saturated carbocycles. The molecule has 3 rings (SSSR count). The fourth-order valence-corrected chi connectivity index (χ4v) is 2.28. The maximum Gasteiger partial charge on any atom is 0.316 e. The first-order valence-corrected chi connectivity index (χ1v) is 6.47. The number of carbonyl (C=O) groups excluding carboxylic acids is 1. The standard InChI is InChI=1S/C14H14FN3O2/c15-12-4-2-1-3-11(12)14(5-6-14)13(19)20-8-7-18-10-16-9-17-18/h1-4,9-10H,5-8H2. The summed E-state index contributed by atoms with van der Waals surface area (Å²) in [5, 5.41) is 3.92. The summed E-state index contributed by atoms with van der Waals surface area (Å²) in [4.78, 5) is 16.0. The number of hydrogen-bond acceptors (Lipinski definition) is 4. The lowest BCUT2D eigenvalue weighted by Crippen LogP contribution is -2.25. The van der Waals surface area contributed by atoms with Crippen molar-refractivity contribution in [3.05, 3.63) is 48.3 Å². The van der Waals surface area contributed by atoms with Crippen molar-refractivity contribution in [2.75, 3.05) is 6.61 Å². The Morgan fingerprint density at radius 2 is 2.20 bits per heavy atom. The van der Waals surface area contributed by atoms with Crippen LogP contribution in [0.15, 0.2) is 36.9 Å². The SMILES string of the molecule is O=C(OCCn1cncn1)C1(c2ccccc2F)CC1. The van der Waals surface area contributed by atoms with Gasteiger partial charge in [-0.15, -0.1) is 0 Å². The van der Waals surface area contributed by atoms with Crippen LogP contribution in [0.1, 0.15) is 18.4 Å². The summed E-state index contributed by atoms with van der Waals surface area (Å²) in [7, 11) is 0. The largest absolute Gasteiger partial charge is 0.463 e. The molecule has 2 aromatic rings. The Balaban J connectivity index is 1.63. The van der Waals surface area contributed by atoms with Gasteiger partial charge in [0.25, 0.3) is 0 Å². The number of halogens is 1. The highest BCUT2D eigenvalue weighted by atomic mass is 19.1. The molecule has 1 fully saturated rings. The molecule has 0 bridgehead atoms. The van der Waals surface area contributed by atoms with Gasteiger partial charge in [0.05, 0.1) is 12.0 Å². The van der Waals surface area contributed by atoms with E-state index in [-0.39, 0.29) is 18.4 Å². The lowest BCUT2D eigenvalue weighted by Gasteiger charge is -2.15. The van der Waals surface area contributed by atoms with Gasteiger partial charge in [-0.05, 0) is 18.9 Å². The Morgan fingerprint density at radius 1 is 1.40 bits per heavy atom. The van der Waals surface area contributed by atoms with Crippen molar-refractivity contribution < 1.29 is 13.9 Å². The molecule has 0 aliphatic heterocycles. The Morgan fingerprint density at radius 3 is 2.85 bits per heavy atom. The van der Waals surface area contributed by atoms with Crippen LogP contribution in [0.3, 0.4) is 0 Å². The van der Waals surface area contributed by atoms with Crippen molar-refractivity contribution >= 4 is 5.97 Å². The van der Waals surface area contributed by atoms with E-state index < -0.39 is 5.41 Å². The Kier molecular flexibility index (Phi) is 3.22. The van der Waals surface area contributed by atoms with Crippen molar-refractivity contribution in [1.29, 1.82) is 0 Å². The van der Waals surface area contributed by atoms with E-state index in [0.717, 1.165) is 0 Å². The third kappa shape index (κ3) is 2.29. The van der Waals surface area contributed by atoms with E-state index >= 15 is 0 Å². The van der Waals surface area contributed by atoms with Gasteiger partial charge in [-0.2, -0.15) is 5.10 Å². The van der Waals surface area contributed by atoms with E-state index in [1.165, 1.54) is 12.4 Å². The van der Waals surface area contributed by atoms with Crippen molar-refractivity contribution in [2.45, 2.75) is 24.8 Å². The first-order valence-electron chi connectivity index (χ1n) is 6.47. The Bertz CT molecular complexity index is 609. The van der Waals surface area contributed by atoms with Crippen LogP contribution in [0.2, 0.25) is 0 Å². The maximum atomic E-state index is 13.8. The average molecular weight is 275 g/mol. The Labute approximate surface area is 115 Å². The second-order valence-corrected chi connectivity index (χ2v) is 4.86. The molecule has 1 heterocycles. The molecule has 0 atom stereocenters. The topological polar surface area (TPSA) is 57.0 Å². The van der Waals surface area contributed by atoms with Crippen LogP contribution in [0, 0.1) is 5.82 Å². The Hall–Kier alpha value is -2.24. The number of ether oxygens (including phenoxy) is 1. The van der Waals surface area contributed by atoms with Crippen LogP contribution in [-0.2, 0) is 21.5 Å². The average Bonchev–Trinajstić information content (AvgIpc) is 3.09. The summed E-state index contributed by atoms with van der Waals surface area (Å²) in [6.07, 6.45) is 4.24. The van der Waals surface area contributed by atoms with E-state index in [0.29, 0.717) is 24.9 Å². The van der Waals surface area contributed by atoms with Gasteiger partial charge < -0.3 is 4.74 Å². The molecule has 1 aromatic heterocycles. The van der Waals surface area contributed by atoms with Gasteiger partial charge in [-0.3, -0.25) is 4.79 Å². The molecule has 0 radical (unpaired) electrons. The van der Waals surface area contributed by atoms with E-state index in [9.17, 15) is 9.18 Å². The molecule has 104 valence electrons. The second-order valence-electron chi connectivity index (χ2n) is 4.86. The lowest BCUT2D eigenvalue weighted by atomic mass is 9.95. The molecule has 0 amide bonds. The van der Waals surface area contributed by atoms with Crippen LogP contribution in [0.4, 0.5) is 4.39 Å². The zero-order valence-electron chi connectivity index (χ0n) is 10.8. The first-order chi connectivity index (χ1) is 9.72. The zero-order valence-corrected chi connectivity index (χ0v) is 10.8. The molecule has 1 aromatic carbocycles. The molecule has 1 aliphatic rings. The fourth-order valence-electron chi connectivity index (χ4n) is 2.28. The van der Waals surface area contributed by atoms with Crippen LogP contribution in [0.25, 0.3) is 0 Å². The smallest absolute Gasteiger partial charge is 0.316 e. The van der Waals surface area contributed by atoms with Gasteiger partial charge in [0, 0.05) is 5.56 Å². The van der Waals surface area contributed by atoms with E-state index in [2.05, 4.69) is 10.1 Å². The normalized spacial score (nSPS) is 15.8. The number of esters is 1. The third-order valence-corrected chi connectivity index (χ3v) is 3.55. The van der Waals surface area contributed by atoms with Gasteiger partial charge in [0.15, 0.2) is 0 Å². The minimum Gasteiger partial charge on any atom is -0.463 e. The molecule has 20 heavy (non-hydrogen) atoms. The summed E-state index contributed by atoms with van der Waals surface area (Å²) in [6.45, 7) is 0.650. The zero-order chi connectivity index (χ0) is 14.0. The number of carbonyl (C=O) groups is 1. The van der Waals surface area contributed by atoms with E-state index in [1.807, 2.05) is 0 Å². The summed E-state index contributed by atoms with van der Waals surface area (Å²) in [5.74, 6) is -0.707. The number of hydrogen-bond donors (Lipinski definition) is 0. The van der Waals surface area contributed by atoms with Gasteiger partial charge in [-0.25, -0.2) is 14.1 Å². The molecule has 0 spiro atoms. The molecule has 6 heteroatoms. The van der Waals surface area contributed by atoms with Crippen LogP contribution >= 0.6 is 0 Å². The van der Waals surface area contributed by atoms with Crippen molar-refractivity contribution in [3.63, 3.8) is 0 Å². The number of nitrogens with zero attached hydrogens (tertiary/aromatic N) is 3. The van der Waals surface area contributed by atoms with Crippen LogP contribution in [-0.4, -0.2) is 27.3 Å². The van der Waals surface area contributed by atoms with Crippen molar-refractivity contribution in [3.8, 4) is 0 Å². The molecule has 1 aliphatic carbocycles. The minimum absolute atomic E-state index is 0.207. The highest BCUT2D eigenvalue weighted by Crippen LogP contribution is 2.49. The highest BCUT2D eigenvalue weighted by Gasteiger charge is 2.54. The van der Waals surface area contributed by atoms with Crippen LogP contribution in [0.5, 0.6) is 0 Å². The van der Waals surface area contributed by atoms with Crippen molar-refractivity contribution in [2.24, 2.45) is 0 Å². The first kappa shape index (κ1) is 12.8. The van der Waals surface area contributed by atoms with Crippen molar-refractivity contribution in [1.82, 2.24) is 14.8 Å². The van der Waals surface area contributed by atoms with Gasteiger partial charge in [0.1, 0.15) is 25.1 Å². The quantitative estimate of drug-likeness (QED) is 0.779. The predicted octanol–water partition coefficient (Wildman–Crippen LogP) is 1.69. The molecular weight excluding hydrogens is 261 g/mol. The van der Waals surface area contributed by atoms with Crippen LogP contribution < -0.4 is 0 Å². The van der Waals surface area contributed by atoms with E-state index in [4.69, 9.17) is 4.74 Å². The fraction of sp³-hybridized carbons (Fsp3) is 0.357.